The van der Waals surface area contributed by atoms with Crippen molar-refractivity contribution in [1.82, 2.24) is 0 Å². The smallest absolute Gasteiger partial charge is 0.269 e. The summed E-state index contributed by atoms with van der Waals surface area (Å²) < 4.78 is 5.77. The summed E-state index contributed by atoms with van der Waals surface area (Å²) in [5.41, 5.74) is 8.99. The molecule has 0 saturated carbocycles. The van der Waals surface area contributed by atoms with Crippen LogP contribution in [0.5, 0.6) is 5.75 Å². The quantitative estimate of drug-likeness (QED) is 0.525. The molecule has 20 heavy (non-hydrogen) atoms. The van der Waals surface area contributed by atoms with Crippen LogP contribution in [0.1, 0.15) is 16.7 Å². The largest absolute Gasteiger partial charge is 0.488 e. The number of nitrogen functional groups attached to an aromatic ring is 1. The van der Waals surface area contributed by atoms with Gasteiger partial charge in [0.15, 0.2) is 0 Å². The second-order valence-electron chi connectivity index (χ2n) is 4.65. The van der Waals surface area contributed by atoms with Crippen LogP contribution in [-0.4, -0.2) is 4.92 Å². The lowest BCUT2D eigenvalue weighted by molar-refractivity contribution is -0.384. The Morgan fingerprint density at radius 3 is 2.45 bits per heavy atom. The number of para-hydroxylation sites is 1. The maximum absolute atomic E-state index is 10.8. The van der Waals surface area contributed by atoms with E-state index in [0.717, 1.165) is 16.9 Å². The van der Waals surface area contributed by atoms with Gasteiger partial charge in [0.05, 0.1) is 4.92 Å². The zero-order chi connectivity index (χ0) is 14.7. The Labute approximate surface area is 117 Å². The van der Waals surface area contributed by atoms with Gasteiger partial charge in [0.25, 0.3) is 5.69 Å². The molecule has 2 rings (SSSR count). The van der Waals surface area contributed by atoms with Crippen LogP contribution in [0.25, 0.3) is 0 Å². The Morgan fingerprint density at radius 1 is 1.20 bits per heavy atom. The molecule has 0 aliphatic heterocycles. The van der Waals surface area contributed by atoms with Gasteiger partial charge in [-0.25, -0.2) is 0 Å². The third-order valence-corrected chi connectivity index (χ3v) is 3.12. The molecule has 2 aromatic rings. The van der Waals surface area contributed by atoms with E-state index in [0.29, 0.717) is 11.3 Å². The molecular weight excluding hydrogens is 256 g/mol. The van der Waals surface area contributed by atoms with Gasteiger partial charge in [0.1, 0.15) is 12.4 Å². The lowest BCUT2D eigenvalue weighted by Crippen LogP contribution is -2.03. The van der Waals surface area contributed by atoms with Gasteiger partial charge in [-0.15, -0.1) is 0 Å². The molecular formula is C15H16N2O3. The van der Waals surface area contributed by atoms with Crippen LogP contribution in [0, 0.1) is 24.0 Å². The highest BCUT2D eigenvalue weighted by atomic mass is 16.6. The number of nitrogens with zero attached hydrogens (tertiary/aromatic N) is 1. The van der Waals surface area contributed by atoms with Crippen molar-refractivity contribution in [3.63, 3.8) is 0 Å². The number of anilines is 1. The number of benzene rings is 2. The first kappa shape index (κ1) is 13.9. The van der Waals surface area contributed by atoms with E-state index < -0.39 is 4.92 Å². The predicted molar refractivity (Wildman–Crippen MR) is 77.8 cm³/mol. The van der Waals surface area contributed by atoms with Gasteiger partial charge in [-0.3, -0.25) is 10.1 Å². The lowest BCUT2D eigenvalue weighted by atomic mass is 10.1. The SMILES string of the molecule is Cc1cccc(C)c1OCc1cc([N+](=O)[O-])ccc1N. The summed E-state index contributed by atoms with van der Waals surface area (Å²) >= 11 is 0. The maximum Gasteiger partial charge on any atom is 0.269 e. The standard InChI is InChI=1S/C15H16N2O3/c1-10-4-3-5-11(2)15(10)20-9-12-8-13(17(18)19)6-7-14(12)16/h3-8H,9,16H2,1-2H3. The van der Waals surface area contributed by atoms with Crippen molar-refractivity contribution < 1.29 is 9.66 Å². The summed E-state index contributed by atoms with van der Waals surface area (Å²) in [6.45, 7) is 4.12. The Kier molecular flexibility index (Phi) is 3.89. The maximum atomic E-state index is 10.8. The molecule has 2 aromatic carbocycles. The average molecular weight is 272 g/mol. The first-order valence-corrected chi connectivity index (χ1v) is 6.21. The van der Waals surface area contributed by atoms with Crippen LogP contribution in [-0.2, 0) is 6.61 Å². The van der Waals surface area contributed by atoms with E-state index in [1.807, 2.05) is 32.0 Å². The van der Waals surface area contributed by atoms with Crippen molar-refractivity contribution in [2.75, 3.05) is 5.73 Å². The predicted octanol–water partition coefficient (Wildman–Crippen LogP) is 3.37. The molecule has 0 aliphatic carbocycles. The number of hydrogen-bond acceptors (Lipinski definition) is 4. The van der Waals surface area contributed by atoms with E-state index in [1.165, 1.54) is 18.2 Å². The highest BCUT2D eigenvalue weighted by molar-refractivity contribution is 5.52. The highest BCUT2D eigenvalue weighted by Gasteiger charge is 2.11. The molecule has 0 aliphatic rings. The number of ether oxygens (including phenoxy) is 1. The summed E-state index contributed by atoms with van der Waals surface area (Å²) in [6, 6.07) is 10.2. The molecule has 5 heteroatoms. The van der Waals surface area contributed by atoms with Crippen molar-refractivity contribution in [3.8, 4) is 5.75 Å². The molecule has 0 bridgehead atoms. The van der Waals surface area contributed by atoms with Gasteiger partial charge in [-0.1, -0.05) is 18.2 Å². The average Bonchev–Trinajstić information content (AvgIpc) is 2.39. The molecule has 0 amide bonds. The van der Waals surface area contributed by atoms with E-state index in [2.05, 4.69) is 0 Å². The van der Waals surface area contributed by atoms with Gasteiger partial charge in [-0.05, 0) is 31.0 Å². The van der Waals surface area contributed by atoms with Crippen LogP contribution in [0.3, 0.4) is 0 Å². The summed E-state index contributed by atoms with van der Waals surface area (Å²) in [5, 5.41) is 10.8. The van der Waals surface area contributed by atoms with Crippen molar-refractivity contribution in [3.05, 3.63) is 63.2 Å². The molecule has 0 radical (unpaired) electrons. The number of rotatable bonds is 4. The van der Waals surface area contributed by atoms with E-state index in [9.17, 15) is 10.1 Å². The zero-order valence-corrected chi connectivity index (χ0v) is 11.4. The second kappa shape index (κ2) is 5.61. The molecule has 0 fully saturated rings. The molecule has 0 unspecified atom stereocenters. The van der Waals surface area contributed by atoms with Gasteiger partial charge in [0, 0.05) is 23.4 Å². The summed E-state index contributed by atoms with van der Waals surface area (Å²) in [4.78, 5) is 10.3. The molecule has 5 nitrogen and oxygen atoms in total. The Balaban J connectivity index is 2.23. The third kappa shape index (κ3) is 2.88. The summed E-state index contributed by atoms with van der Waals surface area (Å²) in [6.07, 6.45) is 0. The minimum Gasteiger partial charge on any atom is -0.488 e. The zero-order valence-electron chi connectivity index (χ0n) is 11.4. The topological polar surface area (TPSA) is 78.4 Å². The molecule has 0 aromatic heterocycles. The van der Waals surface area contributed by atoms with E-state index in [4.69, 9.17) is 10.5 Å². The molecule has 0 saturated heterocycles. The van der Waals surface area contributed by atoms with Crippen molar-refractivity contribution in [2.24, 2.45) is 0 Å². The number of hydrogen-bond donors (Lipinski definition) is 1. The van der Waals surface area contributed by atoms with E-state index in [1.54, 1.807) is 0 Å². The highest BCUT2D eigenvalue weighted by Crippen LogP contribution is 2.26. The van der Waals surface area contributed by atoms with Crippen LogP contribution < -0.4 is 10.5 Å². The molecule has 104 valence electrons. The fraction of sp³-hybridized carbons (Fsp3) is 0.200. The molecule has 0 spiro atoms. The van der Waals surface area contributed by atoms with Gasteiger partial charge in [0.2, 0.25) is 0 Å². The number of nitrogens with two attached hydrogens (primary N) is 1. The fourth-order valence-electron chi connectivity index (χ4n) is 2.01. The molecule has 0 heterocycles. The van der Waals surface area contributed by atoms with Crippen LogP contribution in [0.2, 0.25) is 0 Å². The minimum atomic E-state index is -0.443. The summed E-state index contributed by atoms with van der Waals surface area (Å²) in [5.74, 6) is 0.790. The van der Waals surface area contributed by atoms with Gasteiger partial charge in [-0.2, -0.15) is 0 Å². The third-order valence-electron chi connectivity index (χ3n) is 3.12. The fourth-order valence-corrected chi connectivity index (χ4v) is 2.01. The Hall–Kier alpha value is -2.56. The molecule has 0 atom stereocenters. The van der Waals surface area contributed by atoms with Crippen molar-refractivity contribution in [1.29, 1.82) is 0 Å². The number of nitro benzene ring substituents is 1. The number of non-ortho nitro benzene ring substituents is 1. The Bertz CT molecular complexity index is 633. The van der Waals surface area contributed by atoms with Crippen LogP contribution in [0.15, 0.2) is 36.4 Å². The Morgan fingerprint density at radius 2 is 1.85 bits per heavy atom. The number of nitro groups is 1. The summed E-state index contributed by atoms with van der Waals surface area (Å²) in [7, 11) is 0. The van der Waals surface area contributed by atoms with Crippen molar-refractivity contribution in [2.45, 2.75) is 20.5 Å². The minimum absolute atomic E-state index is 0.0132. The first-order chi connectivity index (χ1) is 9.49. The first-order valence-electron chi connectivity index (χ1n) is 6.21. The molecule has 2 N–H and O–H groups in total. The van der Waals surface area contributed by atoms with Crippen LogP contribution >= 0.6 is 0 Å². The van der Waals surface area contributed by atoms with Crippen LogP contribution in [0.4, 0.5) is 11.4 Å². The monoisotopic (exact) mass is 272 g/mol. The van der Waals surface area contributed by atoms with Gasteiger partial charge >= 0.3 is 0 Å². The van der Waals surface area contributed by atoms with E-state index >= 15 is 0 Å². The van der Waals surface area contributed by atoms with Gasteiger partial charge < -0.3 is 10.5 Å². The normalized spacial score (nSPS) is 10.3. The van der Waals surface area contributed by atoms with E-state index in [-0.39, 0.29) is 12.3 Å². The lowest BCUT2D eigenvalue weighted by Gasteiger charge is -2.13. The van der Waals surface area contributed by atoms with Crippen molar-refractivity contribution >= 4 is 11.4 Å². The second-order valence-corrected chi connectivity index (χ2v) is 4.65. The number of aryl methyl sites for hydroxylation is 2.